The molecule has 0 heterocycles. The van der Waals surface area contributed by atoms with Gasteiger partial charge >= 0.3 is 0 Å². The lowest BCUT2D eigenvalue weighted by atomic mass is 10.1. The summed E-state index contributed by atoms with van der Waals surface area (Å²) in [7, 11) is 0. The van der Waals surface area contributed by atoms with Crippen molar-refractivity contribution in [3.63, 3.8) is 0 Å². The number of amides is 1. The number of carbonyl (C=O) groups excluding carboxylic acids is 1. The van der Waals surface area contributed by atoms with Crippen molar-refractivity contribution >= 4 is 33.2 Å². The number of nitrogen functional groups attached to an aromatic ring is 1. The molecule has 0 spiro atoms. The Hall–Kier alpha value is -2.41. The molecule has 2 aromatic carbocycles. The SMILES string of the molecule is Nc1ccc([N+](=O)[O-])c(C(=O)NCc2ccccc2Br)c1. The molecule has 3 N–H and O–H groups in total. The van der Waals surface area contributed by atoms with Gasteiger partial charge in [0.2, 0.25) is 0 Å². The van der Waals surface area contributed by atoms with Crippen LogP contribution in [0.5, 0.6) is 0 Å². The first-order valence-corrected chi connectivity index (χ1v) is 6.84. The first-order valence-electron chi connectivity index (χ1n) is 6.04. The first kappa shape index (κ1) is 15.0. The molecule has 1 amide bonds. The Morgan fingerprint density at radius 1 is 1.29 bits per heavy atom. The Morgan fingerprint density at radius 2 is 2.00 bits per heavy atom. The highest BCUT2D eigenvalue weighted by molar-refractivity contribution is 9.10. The lowest BCUT2D eigenvalue weighted by Gasteiger charge is -2.08. The van der Waals surface area contributed by atoms with Crippen LogP contribution in [-0.4, -0.2) is 10.8 Å². The number of nitrogens with two attached hydrogens (primary N) is 1. The van der Waals surface area contributed by atoms with E-state index in [9.17, 15) is 14.9 Å². The standard InChI is InChI=1S/C14H12BrN3O3/c15-12-4-2-1-3-9(12)8-17-14(19)11-7-10(16)5-6-13(11)18(20)21/h1-7H,8,16H2,(H,17,19). The van der Waals surface area contributed by atoms with Crippen LogP contribution in [0.1, 0.15) is 15.9 Å². The van der Waals surface area contributed by atoms with Gasteiger partial charge in [0.05, 0.1) is 4.92 Å². The van der Waals surface area contributed by atoms with Crippen LogP contribution < -0.4 is 11.1 Å². The smallest absolute Gasteiger partial charge is 0.282 e. The van der Waals surface area contributed by atoms with Crippen LogP contribution >= 0.6 is 15.9 Å². The Balaban J connectivity index is 2.19. The van der Waals surface area contributed by atoms with Gasteiger partial charge in [-0.3, -0.25) is 14.9 Å². The number of nitro benzene ring substituents is 1. The number of rotatable bonds is 4. The zero-order chi connectivity index (χ0) is 15.4. The van der Waals surface area contributed by atoms with Gasteiger partial charge in [-0.15, -0.1) is 0 Å². The van der Waals surface area contributed by atoms with Gasteiger partial charge in [-0.1, -0.05) is 34.1 Å². The van der Waals surface area contributed by atoms with Crippen LogP contribution in [0.2, 0.25) is 0 Å². The molecule has 7 heteroatoms. The average molecular weight is 350 g/mol. The number of anilines is 1. The summed E-state index contributed by atoms with van der Waals surface area (Å²) >= 11 is 3.37. The highest BCUT2D eigenvalue weighted by Crippen LogP contribution is 2.21. The van der Waals surface area contributed by atoms with E-state index in [1.54, 1.807) is 0 Å². The van der Waals surface area contributed by atoms with Gasteiger partial charge < -0.3 is 11.1 Å². The lowest BCUT2D eigenvalue weighted by Crippen LogP contribution is -2.24. The van der Waals surface area contributed by atoms with Gasteiger partial charge in [-0.05, 0) is 23.8 Å². The van der Waals surface area contributed by atoms with Crippen molar-refractivity contribution in [3.05, 3.63) is 68.2 Å². The summed E-state index contributed by atoms with van der Waals surface area (Å²) < 4.78 is 0.854. The number of carbonyl (C=O) groups is 1. The third-order valence-corrected chi connectivity index (χ3v) is 3.63. The van der Waals surface area contributed by atoms with Crippen molar-refractivity contribution in [3.8, 4) is 0 Å². The molecule has 6 nitrogen and oxygen atoms in total. The van der Waals surface area contributed by atoms with Crippen LogP contribution in [0, 0.1) is 10.1 Å². The Labute approximate surface area is 129 Å². The van der Waals surface area contributed by atoms with E-state index in [4.69, 9.17) is 5.73 Å². The number of benzene rings is 2. The average Bonchev–Trinajstić information content (AvgIpc) is 2.45. The molecule has 2 rings (SSSR count). The number of nitrogens with zero attached hydrogens (tertiary/aromatic N) is 1. The normalized spacial score (nSPS) is 10.1. The molecule has 21 heavy (non-hydrogen) atoms. The molecule has 2 aromatic rings. The molecule has 0 saturated heterocycles. The maximum absolute atomic E-state index is 12.1. The number of nitrogens with one attached hydrogen (secondary N) is 1. The van der Waals surface area contributed by atoms with E-state index in [1.807, 2.05) is 24.3 Å². The second kappa shape index (κ2) is 6.36. The third kappa shape index (κ3) is 3.57. The van der Waals surface area contributed by atoms with Gasteiger partial charge in [0.1, 0.15) is 5.56 Å². The van der Waals surface area contributed by atoms with Gasteiger partial charge in [-0.2, -0.15) is 0 Å². The lowest BCUT2D eigenvalue weighted by molar-refractivity contribution is -0.385. The molecule has 0 unspecified atom stereocenters. The molecule has 108 valence electrons. The third-order valence-electron chi connectivity index (χ3n) is 2.86. The van der Waals surface area contributed by atoms with Crippen molar-refractivity contribution in [1.82, 2.24) is 5.32 Å². The van der Waals surface area contributed by atoms with Crippen molar-refractivity contribution < 1.29 is 9.72 Å². The minimum atomic E-state index is -0.604. The highest BCUT2D eigenvalue weighted by Gasteiger charge is 2.20. The Kier molecular flexibility index (Phi) is 4.54. The molecule has 0 saturated carbocycles. The fraction of sp³-hybridized carbons (Fsp3) is 0.0714. The summed E-state index contributed by atoms with van der Waals surface area (Å²) in [5.74, 6) is -0.537. The fourth-order valence-electron chi connectivity index (χ4n) is 1.81. The van der Waals surface area contributed by atoms with Crippen LogP contribution in [0.3, 0.4) is 0 Å². The number of hydrogen-bond donors (Lipinski definition) is 2. The van der Waals surface area contributed by atoms with E-state index < -0.39 is 10.8 Å². The second-order valence-electron chi connectivity index (χ2n) is 4.31. The molecule has 0 bridgehead atoms. The van der Waals surface area contributed by atoms with Gasteiger partial charge in [0.25, 0.3) is 11.6 Å². The number of hydrogen-bond acceptors (Lipinski definition) is 4. The van der Waals surface area contributed by atoms with Gasteiger partial charge in [0.15, 0.2) is 0 Å². The van der Waals surface area contributed by atoms with E-state index >= 15 is 0 Å². The summed E-state index contributed by atoms with van der Waals surface area (Å²) in [6, 6.07) is 11.3. The summed E-state index contributed by atoms with van der Waals surface area (Å²) in [6.45, 7) is 0.256. The first-order chi connectivity index (χ1) is 9.99. The van der Waals surface area contributed by atoms with Crippen molar-refractivity contribution in [2.24, 2.45) is 0 Å². The monoisotopic (exact) mass is 349 g/mol. The highest BCUT2D eigenvalue weighted by atomic mass is 79.9. The maximum atomic E-state index is 12.1. The molecule has 0 aromatic heterocycles. The second-order valence-corrected chi connectivity index (χ2v) is 5.16. The number of nitro groups is 1. The van der Waals surface area contributed by atoms with E-state index in [-0.39, 0.29) is 17.8 Å². The van der Waals surface area contributed by atoms with E-state index in [0.29, 0.717) is 5.69 Å². The molecule has 0 radical (unpaired) electrons. The largest absolute Gasteiger partial charge is 0.399 e. The summed E-state index contributed by atoms with van der Waals surface area (Å²) in [5.41, 5.74) is 6.44. The van der Waals surface area contributed by atoms with E-state index in [0.717, 1.165) is 10.0 Å². The van der Waals surface area contributed by atoms with Crippen LogP contribution in [0.25, 0.3) is 0 Å². The molecule has 0 aliphatic carbocycles. The minimum Gasteiger partial charge on any atom is -0.399 e. The van der Waals surface area contributed by atoms with Crippen molar-refractivity contribution in [1.29, 1.82) is 0 Å². The molecule has 0 aliphatic heterocycles. The number of halogens is 1. The topological polar surface area (TPSA) is 98.3 Å². The summed E-state index contributed by atoms with van der Waals surface area (Å²) in [5, 5.41) is 13.6. The zero-order valence-electron chi connectivity index (χ0n) is 10.9. The van der Waals surface area contributed by atoms with Crippen molar-refractivity contribution in [2.45, 2.75) is 6.54 Å². The van der Waals surface area contributed by atoms with Crippen LogP contribution in [0.15, 0.2) is 46.9 Å². The van der Waals surface area contributed by atoms with Crippen molar-refractivity contribution in [2.75, 3.05) is 5.73 Å². The summed E-state index contributed by atoms with van der Waals surface area (Å²) in [6.07, 6.45) is 0. The maximum Gasteiger partial charge on any atom is 0.282 e. The molecular weight excluding hydrogens is 338 g/mol. The predicted molar refractivity (Wildman–Crippen MR) is 82.8 cm³/mol. The quantitative estimate of drug-likeness (QED) is 0.503. The molecule has 0 aliphatic rings. The van der Waals surface area contributed by atoms with E-state index in [1.165, 1.54) is 18.2 Å². The summed E-state index contributed by atoms with van der Waals surface area (Å²) in [4.78, 5) is 22.5. The Bertz CT molecular complexity index is 704. The molecule has 0 fully saturated rings. The molecule has 0 atom stereocenters. The van der Waals surface area contributed by atoms with Crippen LogP contribution in [0.4, 0.5) is 11.4 Å². The predicted octanol–water partition coefficient (Wildman–Crippen LogP) is 2.87. The van der Waals surface area contributed by atoms with Gasteiger partial charge in [0, 0.05) is 22.8 Å². The Morgan fingerprint density at radius 3 is 2.67 bits per heavy atom. The minimum absolute atomic E-state index is 0.0490. The zero-order valence-corrected chi connectivity index (χ0v) is 12.5. The van der Waals surface area contributed by atoms with E-state index in [2.05, 4.69) is 21.2 Å². The van der Waals surface area contributed by atoms with Crippen LogP contribution in [-0.2, 0) is 6.54 Å². The van der Waals surface area contributed by atoms with Gasteiger partial charge in [-0.25, -0.2) is 0 Å². The molecular formula is C14H12BrN3O3. The fourth-order valence-corrected chi connectivity index (χ4v) is 2.23.